The second kappa shape index (κ2) is 3.29. The molecule has 0 aromatic carbocycles. The Labute approximate surface area is 57.1 Å². The summed E-state index contributed by atoms with van der Waals surface area (Å²) >= 11 is -1.86. The lowest BCUT2D eigenvalue weighted by molar-refractivity contribution is 0.471. The predicted molar refractivity (Wildman–Crippen MR) is 34.8 cm³/mol. The average Bonchev–Trinajstić information content (AvgIpc) is 1.90. The van der Waals surface area contributed by atoms with Gasteiger partial charge in [0.15, 0.2) is 0 Å². The lowest BCUT2D eigenvalue weighted by atomic mass is 10.2. The van der Waals surface area contributed by atoms with Crippen molar-refractivity contribution in [1.29, 1.82) is 0 Å². The Morgan fingerprint density at radius 3 is 2.78 bits per heavy atom. The summed E-state index contributed by atoms with van der Waals surface area (Å²) < 4.78 is 20.6. The van der Waals surface area contributed by atoms with E-state index in [9.17, 15) is 8.76 Å². The fraction of sp³-hybridized carbons (Fsp3) is 1.00. The maximum atomic E-state index is 10.3. The van der Waals surface area contributed by atoms with Gasteiger partial charge in [0, 0.05) is 11.8 Å². The van der Waals surface area contributed by atoms with Crippen molar-refractivity contribution < 1.29 is 8.76 Å². The van der Waals surface area contributed by atoms with E-state index in [2.05, 4.69) is 5.32 Å². The Bertz CT molecular complexity index is 112. The molecule has 4 heteroatoms. The van der Waals surface area contributed by atoms with Gasteiger partial charge < -0.3 is 9.87 Å². The highest BCUT2D eigenvalue weighted by Crippen LogP contribution is 2.05. The molecule has 1 saturated heterocycles. The first-order chi connectivity index (χ1) is 4.30. The first-order valence-corrected chi connectivity index (χ1v) is 4.23. The van der Waals surface area contributed by atoms with Gasteiger partial charge in [-0.1, -0.05) is 11.1 Å². The van der Waals surface area contributed by atoms with E-state index >= 15 is 0 Å². The zero-order chi connectivity index (χ0) is 6.69. The van der Waals surface area contributed by atoms with Gasteiger partial charge in [-0.25, -0.2) is 0 Å². The highest BCUT2D eigenvalue weighted by molar-refractivity contribution is 7.79. The molecule has 2 unspecified atom stereocenters. The van der Waals surface area contributed by atoms with Gasteiger partial charge in [0.25, 0.3) is 0 Å². The Morgan fingerprint density at radius 1 is 1.67 bits per heavy atom. The first kappa shape index (κ1) is 7.18. The third-order valence-corrected chi connectivity index (χ3v) is 2.47. The third kappa shape index (κ3) is 2.04. The molecular formula is C5H10NO2S-. The number of piperidine rings is 1. The summed E-state index contributed by atoms with van der Waals surface area (Å²) in [6, 6.07) is 0. The topological polar surface area (TPSA) is 52.2 Å². The van der Waals surface area contributed by atoms with E-state index in [1.165, 1.54) is 0 Å². The molecule has 0 saturated carbocycles. The molecule has 1 N–H and O–H groups in total. The van der Waals surface area contributed by atoms with Crippen LogP contribution in [-0.4, -0.2) is 27.1 Å². The van der Waals surface area contributed by atoms with Crippen molar-refractivity contribution in [2.75, 3.05) is 13.1 Å². The van der Waals surface area contributed by atoms with Crippen LogP contribution in [0.5, 0.6) is 0 Å². The van der Waals surface area contributed by atoms with Crippen LogP contribution in [-0.2, 0) is 11.1 Å². The van der Waals surface area contributed by atoms with Crippen molar-refractivity contribution >= 4 is 11.1 Å². The molecule has 0 spiro atoms. The van der Waals surface area contributed by atoms with Gasteiger partial charge in [0.1, 0.15) is 0 Å². The van der Waals surface area contributed by atoms with E-state index in [-0.39, 0.29) is 5.25 Å². The monoisotopic (exact) mass is 148 g/mol. The Balaban J connectivity index is 2.31. The van der Waals surface area contributed by atoms with Crippen LogP contribution in [0.1, 0.15) is 12.8 Å². The van der Waals surface area contributed by atoms with Crippen LogP contribution in [0.4, 0.5) is 0 Å². The molecule has 1 heterocycles. The number of hydrogen-bond donors (Lipinski definition) is 1. The van der Waals surface area contributed by atoms with E-state index in [0.717, 1.165) is 19.4 Å². The molecule has 3 nitrogen and oxygen atoms in total. The number of nitrogens with one attached hydrogen (secondary N) is 1. The van der Waals surface area contributed by atoms with Crippen LogP contribution in [0, 0.1) is 0 Å². The molecule has 0 amide bonds. The molecule has 0 aromatic heterocycles. The average molecular weight is 148 g/mol. The highest BCUT2D eigenvalue weighted by Gasteiger charge is 2.12. The summed E-state index contributed by atoms with van der Waals surface area (Å²) in [7, 11) is 0. The zero-order valence-electron chi connectivity index (χ0n) is 5.13. The van der Waals surface area contributed by atoms with Gasteiger partial charge in [0.2, 0.25) is 0 Å². The van der Waals surface area contributed by atoms with Crippen molar-refractivity contribution in [3.8, 4) is 0 Å². The van der Waals surface area contributed by atoms with Crippen LogP contribution in [0.3, 0.4) is 0 Å². The van der Waals surface area contributed by atoms with Crippen LogP contribution < -0.4 is 5.32 Å². The van der Waals surface area contributed by atoms with Gasteiger partial charge in [-0.3, -0.25) is 4.21 Å². The molecule has 0 aliphatic carbocycles. The zero-order valence-corrected chi connectivity index (χ0v) is 5.95. The Morgan fingerprint density at radius 2 is 2.44 bits per heavy atom. The fourth-order valence-corrected chi connectivity index (χ4v) is 1.60. The molecule has 54 valence electrons. The van der Waals surface area contributed by atoms with Crippen molar-refractivity contribution in [1.82, 2.24) is 5.32 Å². The molecule has 0 aromatic rings. The molecule has 2 atom stereocenters. The largest absolute Gasteiger partial charge is 0.772 e. The lowest BCUT2D eigenvalue weighted by Gasteiger charge is -2.24. The van der Waals surface area contributed by atoms with E-state index in [4.69, 9.17) is 0 Å². The molecule has 1 aliphatic rings. The molecule has 1 aliphatic heterocycles. The lowest BCUT2D eigenvalue weighted by Crippen LogP contribution is -2.36. The molecule has 0 bridgehead atoms. The second-order valence-corrected chi connectivity index (χ2v) is 3.42. The minimum absolute atomic E-state index is 0.140. The standard InChI is InChI=1S/C5H11NO2S/c7-9(8)5-2-1-3-6-4-5/h5-6H,1-4H2,(H,7,8)/p-1. The Hall–Kier alpha value is 0.0700. The smallest absolute Gasteiger partial charge is 0.0341 e. The summed E-state index contributed by atoms with van der Waals surface area (Å²) in [6.07, 6.45) is 1.81. The van der Waals surface area contributed by atoms with Crippen molar-refractivity contribution in [3.05, 3.63) is 0 Å². The fourth-order valence-electron chi connectivity index (χ4n) is 0.984. The number of rotatable bonds is 1. The quantitative estimate of drug-likeness (QED) is 0.516. The van der Waals surface area contributed by atoms with E-state index in [0.29, 0.717) is 6.54 Å². The maximum absolute atomic E-state index is 10.3. The van der Waals surface area contributed by atoms with E-state index in [1.807, 2.05) is 0 Å². The molecule has 1 rings (SSSR count). The van der Waals surface area contributed by atoms with E-state index in [1.54, 1.807) is 0 Å². The molecular weight excluding hydrogens is 138 g/mol. The summed E-state index contributed by atoms with van der Waals surface area (Å²) in [4.78, 5) is 0. The van der Waals surface area contributed by atoms with Crippen LogP contribution >= 0.6 is 0 Å². The molecule has 0 radical (unpaired) electrons. The van der Waals surface area contributed by atoms with Crippen LogP contribution in [0.25, 0.3) is 0 Å². The van der Waals surface area contributed by atoms with Gasteiger partial charge >= 0.3 is 0 Å². The van der Waals surface area contributed by atoms with E-state index < -0.39 is 11.1 Å². The van der Waals surface area contributed by atoms with Crippen molar-refractivity contribution in [2.45, 2.75) is 18.1 Å². The third-order valence-electron chi connectivity index (χ3n) is 1.52. The predicted octanol–water partition coefficient (Wildman–Crippen LogP) is -0.383. The summed E-state index contributed by atoms with van der Waals surface area (Å²) in [5, 5.41) is 2.88. The Kier molecular flexibility index (Phi) is 2.63. The number of hydrogen-bond acceptors (Lipinski definition) is 3. The molecule has 9 heavy (non-hydrogen) atoms. The van der Waals surface area contributed by atoms with Crippen LogP contribution in [0.2, 0.25) is 0 Å². The first-order valence-electron chi connectivity index (χ1n) is 3.09. The SMILES string of the molecule is O=S([O-])C1CCCNC1. The second-order valence-electron chi connectivity index (χ2n) is 2.23. The van der Waals surface area contributed by atoms with Gasteiger partial charge in [-0.2, -0.15) is 0 Å². The minimum atomic E-state index is -1.86. The van der Waals surface area contributed by atoms with Crippen LogP contribution in [0.15, 0.2) is 0 Å². The normalized spacial score (nSPS) is 31.9. The molecule has 1 fully saturated rings. The minimum Gasteiger partial charge on any atom is -0.772 e. The van der Waals surface area contributed by atoms with Crippen molar-refractivity contribution in [3.63, 3.8) is 0 Å². The maximum Gasteiger partial charge on any atom is 0.0341 e. The summed E-state index contributed by atoms with van der Waals surface area (Å²) in [5.74, 6) is 0. The van der Waals surface area contributed by atoms with Gasteiger partial charge in [0.05, 0.1) is 0 Å². The summed E-state index contributed by atoms with van der Waals surface area (Å²) in [6.45, 7) is 1.60. The van der Waals surface area contributed by atoms with Gasteiger partial charge in [-0.05, 0) is 19.4 Å². The van der Waals surface area contributed by atoms with Gasteiger partial charge in [-0.15, -0.1) is 0 Å². The van der Waals surface area contributed by atoms with Crippen molar-refractivity contribution in [2.24, 2.45) is 0 Å². The highest BCUT2D eigenvalue weighted by atomic mass is 32.2. The summed E-state index contributed by atoms with van der Waals surface area (Å²) in [5.41, 5.74) is 0.